The number of aldehydes is 1. The van der Waals surface area contributed by atoms with Crippen LogP contribution in [0.2, 0.25) is 0 Å². The van der Waals surface area contributed by atoms with Gasteiger partial charge in [0, 0.05) is 12.5 Å². The van der Waals surface area contributed by atoms with Crippen LogP contribution in [0.15, 0.2) is 131 Å². The molecule has 1 heterocycles. The minimum atomic E-state index is -0.978. The van der Waals surface area contributed by atoms with E-state index in [4.69, 9.17) is 42.7 Å². The highest BCUT2D eigenvalue weighted by atomic mass is 19.1. The van der Waals surface area contributed by atoms with Crippen molar-refractivity contribution in [1.29, 1.82) is 0 Å². The number of benzene rings is 6. The van der Waals surface area contributed by atoms with Crippen molar-refractivity contribution in [3.05, 3.63) is 199 Å². The number of carbonyl (C=O) groups is 5. The molecule has 3 aliphatic rings. The van der Waals surface area contributed by atoms with Crippen molar-refractivity contribution in [3.8, 4) is 51.7 Å². The summed E-state index contributed by atoms with van der Waals surface area (Å²) >= 11 is 0. The van der Waals surface area contributed by atoms with Gasteiger partial charge in [-0.25, -0.2) is 13.2 Å². The summed E-state index contributed by atoms with van der Waals surface area (Å²) in [5, 5.41) is 41.1. The Bertz CT molecular complexity index is 4040. The van der Waals surface area contributed by atoms with Crippen LogP contribution in [-0.2, 0) is 32.1 Å². The summed E-state index contributed by atoms with van der Waals surface area (Å²) in [4.78, 5) is 56.1. The SMILES string of the molecule is C.CC1=C(CC(=O)O)c2cc(F)ccc2C1.COc1cc(/C=C2/C(C)=C(CC(=O)NCc3ccco3)c3cc(F)ccc32)cc(OC)c1O.COc1cc(/C=C2/C(C)=C(CC(=O)O)c3cc(F)ccc32)cc(OC)c1O.COc1cc(C=O)cc(OC)c1OC(C)=O. The van der Waals surface area contributed by atoms with E-state index in [0.717, 1.165) is 73.2 Å². The number of phenols is 2. The zero-order valence-electron chi connectivity index (χ0n) is 51.4. The molecule has 0 aliphatic heterocycles. The number of halogens is 3. The van der Waals surface area contributed by atoms with Crippen LogP contribution in [0.4, 0.5) is 13.2 Å². The van der Waals surface area contributed by atoms with Gasteiger partial charge in [0.25, 0.3) is 0 Å². The molecule has 7 aromatic rings. The largest absolute Gasteiger partial charge is 0.502 e. The lowest BCUT2D eigenvalue weighted by Crippen LogP contribution is -2.22. The predicted octanol–water partition coefficient (Wildman–Crippen LogP) is 14.2. The standard InChI is InChI=1S/C26H24FNO5.C21H19FO5.C12H11FO2.C11H12O5.CH4/c1-15-20(9-16-10-23(31-2)26(30)24(11-16)32-3)19-7-6-17(27)12-22(19)21(15)13-25(29)28-14-18-5-4-8-33-18;1-11-15(6-12-7-18(26-2)21(25)19(8-12)27-3)14-5-4-13(22)9-17(14)16(11)10-20(23)24;1-7-4-8-2-3-9(13)5-11(8)10(7)6-12(14)15;1-7(13)16-11-9(14-2)4-8(6-12)5-10(11)15-3;/h4-12,30H,13-14H2,1-3H3,(H,28,29);4-9,25H,10H2,1-3H3,(H,23,24);2-3,5H,4,6H2,1H3,(H,14,15);4-6H,1-3H3;1H4/b20-9-;15-6-;;;. The number of aromatic hydroxyl groups is 2. The molecule has 482 valence electrons. The number of allylic oxidation sites excluding steroid dienone is 5. The molecular weight excluding hydrogens is 1200 g/mol. The van der Waals surface area contributed by atoms with Gasteiger partial charge in [-0.2, -0.15) is 0 Å². The number of ether oxygens (including phenoxy) is 7. The summed E-state index contributed by atoms with van der Waals surface area (Å²) in [6, 6.07) is 26.6. The number of rotatable bonds is 18. The maximum absolute atomic E-state index is 14.1. The molecule has 3 aliphatic carbocycles. The number of methoxy groups -OCH3 is 6. The van der Waals surface area contributed by atoms with Crippen molar-refractivity contribution in [2.75, 3.05) is 42.7 Å². The number of amides is 1. The smallest absolute Gasteiger partial charge is 0.308 e. The molecule has 21 heteroatoms. The molecule has 5 N–H and O–H groups in total. The molecule has 0 fully saturated rings. The molecule has 92 heavy (non-hydrogen) atoms. The number of carbonyl (C=O) groups excluding carboxylic acids is 3. The van der Waals surface area contributed by atoms with E-state index in [2.05, 4.69) is 5.32 Å². The second-order valence-electron chi connectivity index (χ2n) is 20.6. The highest BCUT2D eigenvalue weighted by Crippen LogP contribution is 2.48. The predicted molar refractivity (Wildman–Crippen MR) is 342 cm³/mol. The molecule has 0 spiro atoms. The quantitative estimate of drug-likeness (QED) is 0.0304. The van der Waals surface area contributed by atoms with Crippen LogP contribution in [-0.4, -0.2) is 93.2 Å². The molecule has 6 aromatic carbocycles. The summed E-state index contributed by atoms with van der Waals surface area (Å²) in [5.41, 5.74) is 12.8. The zero-order chi connectivity index (χ0) is 66.4. The van der Waals surface area contributed by atoms with Gasteiger partial charge in [-0.1, -0.05) is 31.2 Å². The summed E-state index contributed by atoms with van der Waals surface area (Å²) in [6.07, 6.45) is 6.57. The van der Waals surface area contributed by atoms with E-state index in [0.29, 0.717) is 39.9 Å². The van der Waals surface area contributed by atoms with Crippen molar-refractivity contribution in [3.63, 3.8) is 0 Å². The minimum absolute atomic E-state index is 0. The Hall–Kier alpha value is -11.0. The Morgan fingerprint density at radius 2 is 0.957 bits per heavy atom. The van der Waals surface area contributed by atoms with Gasteiger partial charge < -0.3 is 63.3 Å². The Morgan fingerprint density at radius 1 is 0.543 bits per heavy atom. The molecular formula is C71H70F3NO17. The number of esters is 1. The van der Waals surface area contributed by atoms with E-state index in [9.17, 15) is 52.5 Å². The van der Waals surface area contributed by atoms with Crippen molar-refractivity contribution in [2.45, 2.75) is 67.3 Å². The van der Waals surface area contributed by atoms with Crippen LogP contribution in [0.3, 0.4) is 0 Å². The zero-order valence-corrected chi connectivity index (χ0v) is 51.4. The first kappa shape index (κ1) is 70.1. The van der Waals surface area contributed by atoms with Crippen molar-refractivity contribution >= 4 is 70.1 Å². The normalized spacial score (nSPS) is 13.2. The molecule has 0 saturated carbocycles. The number of furan rings is 1. The third kappa shape index (κ3) is 16.6. The summed E-state index contributed by atoms with van der Waals surface area (Å²) in [7, 11) is 8.63. The maximum atomic E-state index is 14.1. The van der Waals surface area contributed by atoms with E-state index in [-0.39, 0.29) is 103 Å². The number of fused-ring (bicyclic) bond motifs is 3. The van der Waals surface area contributed by atoms with Gasteiger partial charge in [0.15, 0.2) is 34.5 Å². The number of carboxylic acids is 2. The van der Waals surface area contributed by atoms with Crippen molar-refractivity contribution in [2.24, 2.45) is 0 Å². The van der Waals surface area contributed by atoms with Gasteiger partial charge in [-0.3, -0.25) is 24.0 Å². The molecule has 0 bridgehead atoms. The van der Waals surface area contributed by atoms with Crippen LogP contribution < -0.4 is 38.5 Å². The van der Waals surface area contributed by atoms with Gasteiger partial charge in [-0.15, -0.1) is 0 Å². The summed E-state index contributed by atoms with van der Waals surface area (Å²) < 4.78 is 82.0. The van der Waals surface area contributed by atoms with Crippen LogP contribution >= 0.6 is 0 Å². The van der Waals surface area contributed by atoms with Gasteiger partial charge in [0.1, 0.15) is 29.5 Å². The van der Waals surface area contributed by atoms with Crippen molar-refractivity contribution in [1.82, 2.24) is 5.32 Å². The second-order valence-corrected chi connectivity index (χ2v) is 20.6. The van der Waals surface area contributed by atoms with Gasteiger partial charge in [-0.05, 0) is 208 Å². The van der Waals surface area contributed by atoms with Crippen LogP contribution in [0.25, 0.3) is 40.0 Å². The second kappa shape index (κ2) is 31.5. The molecule has 10 rings (SSSR count). The van der Waals surface area contributed by atoms with Crippen LogP contribution in [0, 0.1) is 17.5 Å². The lowest BCUT2D eigenvalue weighted by Gasteiger charge is -2.12. The van der Waals surface area contributed by atoms with Crippen LogP contribution in [0.1, 0.15) is 115 Å². The number of aliphatic carboxylic acids is 2. The fraction of sp³-hybridized carbons (Fsp3) is 0.225. The third-order valence-corrected chi connectivity index (χ3v) is 14.8. The Labute approximate surface area is 529 Å². The van der Waals surface area contributed by atoms with Gasteiger partial charge in [0.2, 0.25) is 23.2 Å². The first-order valence-corrected chi connectivity index (χ1v) is 27.9. The lowest BCUT2D eigenvalue weighted by atomic mass is 10.00. The summed E-state index contributed by atoms with van der Waals surface area (Å²) in [5.74, 6) is -1.39. The molecule has 1 amide bonds. The monoisotopic (exact) mass is 1270 g/mol. The van der Waals surface area contributed by atoms with Gasteiger partial charge in [0.05, 0.1) is 74.7 Å². The number of hydrogen-bond acceptors (Lipinski definition) is 15. The van der Waals surface area contributed by atoms with E-state index < -0.39 is 23.7 Å². The Kier molecular flexibility index (Phi) is 24.0. The molecule has 0 atom stereocenters. The highest BCUT2D eigenvalue weighted by molar-refractivity contribution is 6.09. The van der Waals surface area contributed by atoms with E-state index in [1.165, 1.54) is 98.1 Å². The minimum Gasteiger partial charge on any atom is -0.502 e. The number of hydrogen-bond donors (Lipinski definition) is 5. The number of phenolic OH excluding ortho intramolecular Hbond substituents is 2. The van der Waals surface area contributed by atoms with E-state index in [1.54, 1.807) is 60.9 Å². The average Bonchev–Trinajstić information content (AvgIpc) is 1.63. The van der Waals surface area contributed by atoms with Gasteiger partial charge >= 0.3 is 17.9 Å². The summed E-state index contributed by atoms with van der Waals surface area (Å²) in [6.45, 7) is 7.18. The van der Waals surface area contributed by atoms with E-state index in [1.807, 2.05) is 32.9 Å². The van der Waals surface area contributed by atoms with E-state index >= 15 is 0 Å². The first-order valence-electron chi connectivity index (χ1n) is 27.9. The highest BCUT2D eigenvalue weighted by Gasteiger charge is 2.29. The fourth-order valence-electron chi connectivity index (χ4n) is 10.5. The third-order valence-electron chi connectivity index (χ3n) is 14.8. The molecule has 18 nitrogen and oxygen atoms in total. The number of carboxylic acid groups (broad SMARTS) is 2. The molecule has 0 saturated heterocycles. The lowest BCUT2D eigenvalue weighted by molar-refractivity contribution is -0.136. The molecule has 1 aromatic heterocycles. The fourth-order valence-corrected chi connectivity index (χ4v) is 10.5. The Morgan fingerprint density at radius 3 is 1.36 bits per heavy atom. The Balaban J connectivity index is 0.000000204. The molecule has 0 radical (unpaired) electrons. The topological polar surface area (TPSA) is 256 Å². The first-order chi connectivity index (χ1) is 43.4. The molecule has 0 unspecified atom stereocenters. The van der Waals surface area contributed by atoms with Crippen LogP contribution in [0.5, 0.6) is 51.7 Å². The maximum Gasteiger partial charge on any atom is 0.308 e. The number of nitrogens with one attached hydrogen (secondary N) is 1. The van der Waals surface area contributed by atoms with Crippen molar-refractivity contribution < 1.29 is 95.1 Å². The average molecular weight is 1270 g/mol.